The van der Waals surface area contributed by atoms with E-state index in [9.17, 15) is 4.79 Å². The summed E-state index contributed by atoms with van der Waals surface area (Å²) in [4.78, 5) is 15.3. The van der Waals surface area contributed by atoms with E-state index in [2.05, 4.69) is 43.2 Å². The van der Waals surface area contributed by atoms with E-state index in [1.807, 2.05) is 0 Å². The highest BCUT2D eigenvalue weighted by Gasteiger charge is 2.39. The Labute approximate surface area is 142 Å². The number of carbonyl (C=O) groups is 1. The zero-order chi connectivity index (χ0) is 17.3. The van der Waals surface area contributed by atoms with Gasteiger partial charge in [-0.1, -0.05) is 27.7 Å². The second-order valence-corrected chi connectivity index (χ2v) is 7.18. The minimum absolute atomic E-state index is 0.168. The van der Waals surface area contributed by atoms with Crippen molar-refractivity contribution in [1.82, 2.24) is 15.5 Å². The van der Waals surface area contributed by atoms with Crippen LogP contribution in [0, 0.1) is 11.3 Å². The molecule has 1 amide bonds. The number of hydrogen-bond acceptors (Lipinski definition) is 4. The smallest absolute Gasteiger partial charge is 0.228 e. The number of hydrogen-bond donors (Lipinski definition) is 2. The normalized spacial score (nSPS) is 19.1. The van der Waals surface area contributed by atoms with Crippen LogP contribution in [0.4, 0.5) is 0 Å². The molecule has 0 spiro atoms. The predicted octanol–water partition coefficient (Wildman–Crippen LogP) is 1.88. The van der Waals surface area contributed by atoms with E-state index in [0.29, 0.717) is 18.6 Å². The van der Waals surface area contributed by atoms with Crippen LogP contribution < -0.4 is 10.6 Å². The van der Waals surface area contributed by atoms with E-state index >= 15 is 0 Å². The van der Waals surface area contributed by atoms with Gasteiger partial charge in [-0.2, -0.15) is 0 Å². The molecule has 0 bridgehead atoms. The van der Waals surface area contributed by atoms with Crippen molar-refractivity contribution in [1.29, 1.82) is 0 Å². The van der Waals surface area contributed by atoms with Gasteiger partial charge in [0.05, 0.1) is 12.0 Å². The second kappa shape index (κ2) is 10.3. The van der Waals surface area contributed by atoms with E-state index < -0.39 is 0 Å². The first-order chi connectivity index (χ1) is 11.0. The minimum Gasteiger partial charge on any atom is -0.384 e. The van der Waals surface area contributed by atoms with E-state index in [1.165, 1.54) is 0 Å². The Balaban J connectivity index is 2.68. The monoisotopic (exact) mass is 327 g/mol. The molecular formula is C18H37N3O2. The molecule has 1 fully saturated rings. The van der Waals surface area contributed by atoms with Gasteiger partial charge in [-0.3, -0.25) is 9.69 Å². The molecule has 136 valence electrons. The fourth-order valence-corrected chi connectivity index (χ4v) is 3.66. The average molecular weight is 328 g/mol. The number of nitrogens with one attached hydrogen (secondary N) is 2. The summed E-state index contributed by atoms with van der Waals surface area (Å²) in [6, 6.07) is 0.412. The van der Waals surface area contributed by atoms with Gasteiger partial charge in [0.25, 0.3) is 0 Å². The maximum atomic E-state index is 12.9. The van der Waals surface area contributed by atoms with Gasteiger partial charge in [0.1, 0.15) is 0 Å². The van der Waals surface area contributed by atoms with Gasteiger partial charge < -0.3 is 15.4 Å². The summed E-state index contributed by atoms with van der Waals surface area (Å²) in [7, 11) is 1.69. The quantitative estimate of drug-likeness (QED) is 0.643. The highest BCUT2D eigenvalue weighted by atomic mass is 16.5. The molecule has 5 heteroatoms. The Morgan fingerprint density at radius 2 is 1.87 bits per heavy atom. The van der Waals surface area contributed by atoms with Crippen molar-refractivity contribution >= 4 is 5.91 Å². The van der Waals surface area contributed by atoms with Crippen LogP contribution in [0.25, 0.3) is 0 Å². The topological polar surface area (TPSA) is 53.6 Å². The van der Waals surface area contributed by atoms with Crippen molar-refractivity contribution in [3.05, 3.63) is 0 Å². The number of nitrogens with zero attached hydrogens (tertiary/aromatic N) is 1. The van der Waals surface area contributed by atoms with Crippen LogP contribution in [-0.4, -0.2) is 63.3 Å². The number of rotatable bonds is 10. The number of ether oxygens (including phenoxy) is 1. The summed E-state index contributed by atoms with van der Waals surface area (Å²) < 4.78 is 5.37. The van der Waals surface area contributed by atoms with Crippen LogP contribution in [0.1, 0.15) is 47.0 Å². The third-order valence-electron chi connectivity index (χ3n) is 5.03. The highest BCUT2D eigenvalue weighted by molar-refractivity contribution is 5.83. The SMILES string of the molecule is CCN(CC)C(CNC(=O)C1(COC)CCNCC1)CC(C)C. The molecule has 0 aliphatic carbocycles. The molecule has 1 rings (SSSR count). The Bertz CT molecular complexity index is 332. The lowest BCUT2D eigenvalue weighted by molar-refractivity contribution is -0.136. The molecule has 1 unspecified atom stereocenters. The Hall–Kier alpha value is -0.650. The molecule has 1 atom stereocenters. The maximum Gasteiger partial charge on any atom is 0.228 e. The van der Waals surface area contributed by atoms with E-state index in [0.717, 1.165) is 52.0 Å². The van der Waals surface area contributed by atoms with Gasteiger partial charge in [0.15, 0.2) is 0 Å². The molecule has 5 nitrogen and oxygen atoms in total. The van der Waals surface area contributed by atoms with E-state index in [1.54, 1.807) is 7.11 Å². The zero-order valence-electron chi connectivity index (χ0n) is 15.8. The number of likely N-dealkylation sites (N-methyl/N-ethyl adjacent to an activating group) is 1. The number of piperidine rings is 1. The summed E-state index contributed by atoms with van der Waals surface area (Å²) in [5, 5.41) is 6.58. The first kappa shape index (κ1) is 20.4. The van der Waals surface area contributed by atoms with Crippen molar-refractivity contribution in [2.75, 3.05) is 46.4 Å². The van der Waals surface area contributed by atoms with Gasteiger partial charge >= 0.3 is 0 Å². The summed E-state index contributed by atoms with van der Waals surface area (Å²) in [5.41, 5.74) is -0.356. The molecule has 1 saturated heterocycles. The van der Waals surface area contributed by atoms with Crippen LogP contribution in [0.5, 0.6) is 0 Å². The Kier molecular flexibility index (Phi) is 9.10. The molecule has 1 aliphatic rings. The van der Waals surface area contributed by atoms with Gasteiger partial charge in [-0.05, 0) is 51.4 Å². The van der Waals surface area contributed by atoms with Crippen molar-refractivity contribution in [3.8, 4) is 0 Å². The average Bonchev–Trinajstić information content (AvgIpc) is 2.54. The summed E-state index contributed by atoms with van der Waals surface area (Å²) >= 11 is 0. The minimum atomic E-state index is -0.356. The molecule has 0 saturated carbocycles. The molecule has 0 aromatic heterocycles. The van der Waals surface area contributed by atoms with Crippen LogP contribution in [0.2, 0.25) is 0 Å². The summed E-state index contributed by atoms with van der Waals surface area (Å²) in [6.07, 6.45) is 2.82. The lowest BCUT2D eigenvalue weighted by Gasteiger charge is -2.37. The van der Waals surface area contributed by atoms with Gasteiger partial charge in [0.2, 0.25) is 5.91 Å². The van der Waals surface area contributed by atoms with Crippen molar-refractivity contribution in [2.24, 2.45) is 11.3 Å². The summed E-state index contributed by atoms with van der Waals surface area (Å²) in [5.74, 6) is 0.797. The van der Waals surface area contributed by atoms with Crippen LogP contribution in [0.15, 0.2) is 0 Å². The molecule has 0 aromatic rings. The third kappa shape index (κ3) is 6.05. The lowest BCUT2D eigenvalue weighted by Crippen LogP contribution is -2.53. The highest BCUT2D eigenvalue weighted by Crippen LogP contribution is 2.29. The number of methoxy groups -OCH3 is 1. The number of carbonyl (C=O) groups excluding carboxylic acids is 1. The van der Waals surface area contributed by atoms with Crippen LogP contribution >= 0.6 is 0 Å². The zero-order valence-corrected chi connectivity index (χ0v) is 15.8. The fraction of sp³-hybridized carbons (Fsp3) is 0.944. The van der Waals surface area contributed by atoms with E-state index in [4.69, 9.17) is 4.74 Å². The van der Waals surface area contributed by atoms with Crippen molar-refractivity contribution < 1.29 is 9.53 Å². The predicted molar refractivity (Wildman–Crippen MR) is 95.6 cm³/mol. The third-order valence-corrected chi connectivity index (χ3v) is 5.03. The van der Waals surface area contributed by atoms with Gasteiger partial charge in [-0.15, -0.1) is 0 Å². The summed E-state index contributed by atoms with van der Waals surface area (Å²) in [6.45, 7) is 14.0. The Morgan fingerprint density at radius 1 is 1.26 bits per heavy atom. The molecule has 1 aliphatic heterocycles. The Morgan fingerprint density at radius 3 is 2.35 bits per heavy atom. The second-order valence-electron chi connectivity index (χ2n) is 7.18. The molecule has 23 heavy (non-hydrogen) atoms. The number of amides is 1. The first-order valence-electron chi connectivity index (χ1n) is 9.21. The molecular weight excluding hydrogens is 290 g/mol. The first-order valence-corrected chi connectivity index (χ1v) is 9.21. The molecule has 2 N–H and O–H groups in total. The largest absolute Gasteiger partial charge is 0.384 e. The standard InChI is InChI=1S/C18H37N3O2/c1-6-21(7-2)16(12-15(3)4)13-20-17(22)18(14-23-5)8-10-19-11-9-18/h15-16,19H,6-14H2,1-5H3,(H,20,22). The van der Waals surface area contributed by atoms with Crippen molar-refractivity contribution in [3.63, 3.8) is 0 Å². The van der Waals surface area contributed by atoms with Gasteiger partial charge in [-0.25, -0.2) is 0 Å². The fourth-order valence-electron chi connectivity index (χ4n) is 3.66. The van der Waals surface area contributed by atoms with Crippen molar-refractivity contribution in [2.45, 2.75) is 53.0 Å². The molecule has 0 aromatic carbocycles. The van der Waals surface area contributed by atoms with Gasteiger partial charge in [0, 0.05) is 19.7 Å². The lowest BCUT2D eigenvalue weighted by atomic mass is 9.78. The van der Waals surface area contributed by atoms with E-state index in [-0.39, 0.29) is 11.3 Å². The van der Waals surface area contributed by atoms with Crippen LogP contribution in [-0.2, 0) is 9.53 Å². The van der Waals surface area contributed by atoms with Crippen LogP contribution in [0.3, 0.4) is 0 Å². The molecule has 0 radical (unpaired) electrons. The maximum absolute atomic E-state index is 12.9. The molecule has 1 heterocycles.